The molecule has 1 fully saturated rings. The van der Waals surface area contributed by atoms with Gasteiger partial charge in [0.15, 0.2) is 0 Å². The Balaban J connectivity index is 1.65. The molecule has 0 atom stereocenters. The molecule has 10 heteroatoms. The van der Waals surface area contributed by atoms with Crippen molar-refractivity contribution in [3.63, 3.8) is 0 Å². The van der Waals surface area contributed by atoms with Crippen LogP contribution in [0.3, 0.4) is 0 Å². The van der Waals surface area contributed by atoms with Gasteiger partial charge >= 0.3 is 0 Å². The Hall–Kier alpha value is -1.51. The van der Waals surface area contributed by atoms with Crippen LogP contribution in [0.25, 0.3) is 0 Å². The predicted octanol–water partition coefficient (Wildman–Crippen LogP) is 4.69. The van der Waals surface area contributed by atoms with Crippen molar-refractivity contribution in [2.75, 3.05) is 25.5 Å². The van der Waals surface area contributed by atoms with E-state index in [0.717, 1.165) is 0 Å². The number of rotatable bonds is 5. The van der Waals surface area contributed by atoms with Crippen LogP contribution in [0.2, 0.25) is 15.1 Å². The third-order valence-electron chi connectivity index (χ3n) is 4.76. The summed E-state index contributed by atoms with van der Waals surface area (Å²) in [5, 5.41) is 3.36. The van der Waals surface area contributed by atoms with Gasteiger partial charge in [-0.15, -0.1) is 0 Å². The topological polar surface area (TPSA) is 75.7 Å². The van der Waals surface area contributed by atoms with Crippen molar-refractivity contribution in [2.45, 2.75) is 17.7 Å². The van der Waals surface area contributed by atoms with Gasteiger partial charge in [0.2, 0.25) is 15.9 Å². The Morgan fingerprint density at radius 1 is 1.07 bits per heavy atom. The summed E-state index contributed by atoms with van der Waals surface area (Å²) < 4.78 is 32.3. The summed E-state index contributed by atoms with van der Waals surface area (Å²) in [7, 11) is -2.33. The van der Waals surface area contributed by atoms with Crippen LogP contribution in [0, 0.1) is 5.92 Å². The molecule has 0 aliphatic carbocycles. The first-order chi connectivity index (χ1) is 13.7. The van der Waals surface area contributed by atoms with Gasteiger partial charge < -0.3 is 10.1 Å². The molecule has 0 bridgehead atoms. The Morgan fingerprint density at radius 3 is 2.24 bits per heavy atom. The van der Waals surface area contributed by atoms with E-state index < -0.39 is 10.0 Å². The summed E-state index contributed by atoms with van der Waals surface area (Å²) in [6.45, 7) is 0.399. The highest BCUT2D eigenvalue weighted by Gasteiger charge is 2.34. The number of carbonyl (C=O) groups is 1. The fraction of sp³-hybridized carbons (Fsp3) is 0.316. The van der Waals surface area contributed by atoms with Crippen molar-refractivity contribution in [3.8, 4) is 5.75 Å². The number of carbonyl (C=O) groups excluding carboxylic acids is 1. The number of hydrogen-bond acceptors (Lipinski definition) is 4. The van der Waals surface area contributed by atoms with Crippen LogP contribution in [0.4, 0.5) is 5.69 Å². The smallest absolute Gasteiger partial charge is 0.246 e. The number of methoxy groups -OCH3 is 1. The normalized spacial score (nSPS) is 15.9. The quantitative estimate of drug-likeness (QED) is 0.677. The van der Waals surface area contributed by atoms with Crippen LogP contribution in [0.5, 0.6) is 5.75 Å². The number of anilines is 1. The monoisotopic (exact) mass is 476 g/mol. The Bertz CT molecular complexity index is 1000. The first kappa shape index (κ1) is 22.2. The molecule has 156 valence electrons. The van der Waals surface area contributed by atoms with E-state index in [1.165, 1.54) is 23.5 Å². The van der Waals surface area contributed by atoms with E-state index >= 15 is 0 Å². The van der Waals surface area contributed by atoms with E-state index in [4.69, 9.17) is 39.5 Å². The average Bonchev–Trinajstić information content (AvgIpc) is 2.68. The molecule has 1 aliphatic heterocycles. The van der Waals surface area contributed by atoms with E-state index in [0.29, 0.717) is 29.3 Å². The second-order valence-electron chi connectivity index (χ2n) is 6.57. The Labute approximate surface area is 184 Å². The van der Waals surface area contributed by atoms with Crippen LogP contribution in [0.1, 0.15) is 12.8 Å². The summed E-state index contributed by atoms with van der Waals surface area (Å²) in [6.07, 6.45) is 0.772. The molecule has 6 nitrogen and oxygen atoms in total. The van der Waals surface area contributed by atoms with Crippen molar-refractivity contribution in [1.82, 2.24) is 4.31 Å². The maximum atomic E-state index is 12.9. The summed E-state index contributed by atoms with van der Waals surface area (Å²) in [4.78, 5) is 12.5. The Morgan fingerprint density at radius 2 is 1.69 bits per heavy atom. The fourth-order valence-electron chi connectivity index (χ4n) is 3.20. The summed E-state index contributed by atoms with van der Waals surface area (Å²) in [5.41, 5.74) is 0.554. The minimum absolute atomic E-state index is 0.0775. The molecule has 1 saturated heterocycles. The number of amides is 1. The molecule has 3 rings (SSSR count). The van der Waals surface area contributed by atoms with Crippen LogP contribution in [-0.2, 0) is 14.8 Å². The summed E-state index contributed by atoms with van der Waals surface area (Å²) in [6, 6.07) is 9.53. The molecule has 1 aliphatic rings. The SMILES string of the molecule is COc1ccc(NC(=O)C2CCN(S(=O)(=O)c3c(Cl)cccc3Cl)CC2)cc1Cl. The molecule has 0 aromatic heterocycles. The minimum Gasteiger partial charge on any atom is -0.495 e. The van der Waals surface area contributed by atoms with Crippen molar-refractivity contribution in [2.24, 2.45) is 5.92 Å². The van der Waals surface area contributed by atoms with Gasteiger partial charge in [0, 0.05) is 24.7 Å². The van der Waals surface area contributed by atoms with Gasteiger partial charge in [-0.1, -0.05) is 40.9 Å². The molecule has 29 heavy (non-hydrogen) atoms. The number of halogens is 3. The second-order valence-corrected chi connectivity index (χ2v) is 9.66. The molecular formula is C19H19Cl3N2O4S. The van der Waals surface area contributed by atoms with Crippen LogP contribution in [0.15, 0.2) is 41.3 Å². The average molecular weight is 478 g/mol. The lowest BCUT2D eigenvalue weighted by Gasteiger charge is -2.31. The van der Waals surface area contributed by atoms with Gasteiger partial charge in [0.05, 0.1) is 22.2 Å². The number of nitrogens with zero attached hydrogens (tertiary/aromatic N) is 1. The van der Waals surface area contributed by atoms with E-state index in [9.17, 15) is 13.2 Å². The fourth-order valence-corrected chi connectivity index (χ4v) is 6.02. The van der Waals surface area contributed by atoms with Gasteiger partial charge in [-0.25, -0.2) is 8.42 Å². The van der Waals surface area contributed by atoms with Gasteiger partial charge in [0.25, 0.3) is 0 Å². The zero-order valence-corrected chi connectivity index (χ0v) is 18.6. The summed E-state index contributed by atoms with van der Waals surface area (Å²) in [5.74, 6) is 0.0181. The van der Waals surface area contributed by atoms with Gasteiger partial charge in [0.1, 0.15) is 10.6 Å². The lowest BCUT2D eigenvalue weighted by atomic mass is 9.97. The van der Waals surface area contributed by atoms with Crippen molar-refractivity contribution < 1.29 is 17.9 Å². The predicted molar refractivity (Wildman–Crippen MR) is 115 cm³/mol. The lowest BCUT2D eigenvalue weighted by Crippen LogP contribution is -2.41. The molecule has 1 N–H and O–H groups in total. The van der Waals surface area contributed by atoms with Crippen molar-refractivity contribution in [1.29, 1.82) is 0 Å². The van der Waals surface area contributed by atoms with Gasteiger partial charge in [-0.3, -0.25) is 4.79 Å². The first-order valence-electron chi connectivity index (χ1n) is 8.82. The highest BCUT2D eigenvalue weighted by molar-refractivity contribution is 7.89. The maximum Gasteiger partial charge on any atom is 0.246 e. The number of benzene rings is 2. The van der Waals surface area contributed by atoms with Crippen molar-refractivity contribution >= 4 is 56.4 Å². The van der Waals surface area contributed by atoms with E-state index in [2.05, 4.69) is 5.32 Å². The van der Waals surface area contributed by atoms with Gasteiger partial charge in [-0.2, -0.15) is 4.31 Å². The molecule has 0 spiro atoms. The van der Waals surface area contributed by atoms with E-state index in [-0.39, 0.29) is 39.9 Å². The molecule has 2 aromatic carbocycles. The molecule has 1 heterocycles. The highest BCUT2D eigenvalue weighted by Crippen LogP contribution is 2.34. The molecule has 0 saturated carbocycles. The number of ether oxygens (including phenoxy) is 1. The zero-order chi connectivity index (χ0) is 21.2. The maximum absolute atomic E-state index is 12.9. The number of nitrogens with one attached hydrogen (secondary N) is 1. The van der Waals surface area contributed by atoms with Crippen LogP contribution >= 0.6 is 34.8 Å². The summed E-state index contributed by atoms with van der Waals surface area (Å²) >= 11 is 18.2. The third-order valence-corrected chi connectivity index (χ3v) is 7.91. The number of sulfonamides is 1. The third kappa shape index (κ3) is 4.81. The molecule has 0 radical (unpaired) electrons. The minimum atomic E-state index is -3.84. The van der Waals surface area contributed by atoms with Crippen LogP contribution in [-0.4, -0.2) is 38.8 Å². The van der Waals surface area contributed by atoms with Gasteiger partial charge in [-0.05, 0) is 43.2 Å². The lowest BCUT2D eigenvalue weighted by molar-refractivity contribution is -0.120. The molecule has 2 aromatic rings. The molecular weight excluding hydrogens is 459 g/mol. The second kappa shape index (κ2) is 9.10. The zero-order valence-electron chi connectivity index (χ0n) is 15.5. The van der Waals surface area contributed by atoms with E-state index in [1.54, 1.807) is 24.3 Å². The van der Waals surface area contributed by atoms with Crippen LogP contribution < -0.4 is 10.1 Å². The van der Waals surface area contributed by atoms with Crippen molar-refractivity contribution in [3.05, 3.63) is 51.5 Å². The molecule has 0 unspecified atom stereocenters. The standard InChI is InChI=1S/C19H19Cl3N2O4S/c1-28-17-6-5-13(11-16(17)22)23-19(25)12-7-9-24(10-8-12)29(26,27)18-14(20)3-2-4-15(18)21/h2-6,11-12H,7-10H2,1H3,(H,23,25). The first-order valence-corrected chi connectivity index (χ1v) is 11.4. The highest BCUT2D eigenvalue weighted by atomic mass is 35.5. The largest absolute Gasteiger partial charge is 0.495 e. The number of piperidine rings is 1. The number of hydrogen-bond donors (Lipinski definition) is 1. The molecule has 1 amide bonds. The van der Waals surface area contributed by atoms with E-state index in [1.807, 2.05) is 0 Å². The Kier molecular flexibility index (Phi) is 6.96.